The maximum atomic E-state index is 12.1. The fraction of sp³-hybridized carbons (Fsp3) is 0.308. The first-order valence-electron chi connectivity index (χ1n) is 6.07. The van der Waals surface area contributed by atoms with Crippen molar-refractivity contribution in [2.45, 2.75) is 5.54 Å². The van der Waals surface area contributed by atoms with Gasteiger partial charge in [-0.15, -0.1) is 0 Å². The maximum absolute atomic E-state index is 12.1. The molecule has 0 saturated heterocycles. The summed E-state index contributed by atoms with van der Waals surface area (Å²) in [5.41, 5.74) is 5.79. The van der Waals surface area contributed by atoms with Gasteiger partial charge in [0.25, 0.3) is 5.91 Å². The minimum absolute atomic E-state index is 0.255. The van der Waals surface area contributed by atoms with E-state index in [0.29, 0.717) is 5.69 Å². The van der Waals surface area contributed by atoms with Gasteiger partial charge in [-0.05, 0) is 24.3 Å². The Kier molecular flexibility index (Phi) is 3.93. The molecule has 0 aliphatic heterocycles. The van der Waals surface area contributed by atoms with Crippen molar-refractivity contribution in [1.82, 2.24) is 10.3 Å². The Morgan fingerprint density at radius 3 is 2.45 bits per heavy atom. The summed E-state index contributed by atoms with van der Waals surface area (Å²) in [6, 6.07) is 6.79. The molecule has 20 heavy (non-hydrogen) atoms. The van der Waals surface area contributed by atoms with E-state index in [1.807, 2.05) is 0 Å². The molecule has 7 N–H and O–H groups in total. The number of nitrogens with one attached hydrogen (secondary N) is 2. The largest absolute Gasteiger partial charge is 0.399 e. The van der Waals surface area contributed by atoms with Crippen LogP contribution in [-0.2, 0) is 0 Å². The highest BCUT2D eigenvalue weighted by molar-refractivity contribution is 5.98. The first-order valence-corrected chi connectivity index (χ1v) is 6.07. The van der Waals surface area contributed by atoms with E-state index < -0.39 is 31.3 Å². The average Bonchev–Trinajstić information content (AvgIpc) is 2.88. The lowest BCUT2D eigenvalue weighted by molar-refractivity contribution is 0.0373. The fourth-order valence-electron chi connectivity index (χ4n) is 1.85. The Bertz CT molecular complexity index is 611. The number of fused-ring (bicyclic) bond motifs is 1. The number of carbonyl (C=O) groups is 1. The summed E-state index contributed by atoms with van der Waals surface area (Å²) in [5, 5.41) is 30.8. The van der Waals surface area contributed by atoms with E-state index in [-0.39, 0.29) is 5.69 Å². The van der Waals surface area contributed by atoms with Gasteiger partial charge in [0.15, 0.2) is 0 Å². The highest BCUT2D eigenvalue weighted by Crippen LogP contribution is 2.18. The van der Waals surface area contributed by atoms with Crippen LogP contribution in [0.4, 0.5) is 5.69 Å². The molecule has 2 aromatic rings. The van der Waals surface area contributed by atoms with Gasteiger partial charge in [0, 0.05) is 16.6 Å². The number of H-pyrrole nitrogens is 1. The Labute approximate surface area is 115 Å². The molecule has 0 atom stereocenters. The molecule has 0 bridgehead atoms. The maximum Gasteiger partial charge on any atom is 0.268 e. The third kappa shape index (κ3) is 2.60. The standard InChI is InChI=1S/C13H17N3O4/c14-9-1-2-10-8(3-9)4-11(15-10)12(20)16-13(5-17,6-18)7-19/h1-4,15,17-19H,5-7,14H2,(H,16,20). The van der Waals surface area contributed by atoms with Crippen LogP contribution in [0, 0.1) is 0 Å². The number of hydrogen-bond acceptors (Lipinski definition) is 5. The molecule has 7 heteroatoms. The molecule has 1 amide bonds. The van der Waals surface area contributed by atoms with Crippen LogP contribution in [0.3, 0.4) is 0 Å². The van der Waals surface area contributed by atoms with Crippen LogP contribution >= 0.6 is 0 Å². The summed E-state index contributed by atoms with van der Waals surface area (Å²) in [6.07, 6.45) is 0. The first kappa shape index (κ1) is 14.3. The number of nitrogen functional groups attached to an aromatic ring is 1. The van der Waals surface area contributed by atoms with Gasteiger partial charge < -0.3 is 31.4 Å². The smallest absolute Gasteiger partial charge is 0.268 e. The highest BCUT2D eigenvalue weighted by Gasteiger charge is 2.30. The van der Waals surface area contributed by atoms with Crippen molar-refractivity contribution in [2.75, 3.05) is 25.6 Å². The summed E-state index contributed by atoms with van der Waals surface area (Å²) in [6.45, 7) is -1.71. The monoisotopic (exact) mass is 279 g/mol. The molecule has 0 saturated carbocycles. The van der Waals surface area contributed by atoms with E-state index in [9.17, 15) is 20.1 Å². The van der Waals surface area contributed by atoms with Crippen molar-refractivity contribution in [3.63, 3.8) is 0 Å². The van der Waals surface area contributed by atoms with E-state index in [2.05, 4.69) is 10.3 Å². The molecule has 7 nitrogen and oxygen atoms in total. The molecule has 108 valence electrons. The molecule has 0 unspecified atom stereocenters. The summed E-state index contributed by atoms with van der Waals surface area (Å²) in [4.78, 5) is 15.0. The van der Waals surface area contributed by atoms with Gasteiger partial charge in [0.1, 0.15) is 11.2 Å². The van der Waals surface area contributed by atoms with E-state index in [1.165, 1.54) is 0 Å². The molecule has 0 spiro atoms. The van der Waals surface area contributed by atoms with Crippen molar-refractivity contribution < 1.29 is 20.1 Å². The van der Waals surface area contributed by atoms with Crippen LogP contribution in [-0.4, -0.2) is 51.6 Å². The summed E-state index contributed by atoms with van der Waals surface area (Å²) in [7, 11) is 0. The van der Waals surface area contributed by atoms with Gasteiger partial charge in [0.2, 0.25) is 0 Å². The van der Waals surface area contributed by atoms with Crippen molar-refractivity contribution in [3.05, 3.63) is 30.0 Å². The molecular weight excluding hydrogens is 262 g/mol. The normalized spacial score (nSPS) is 11.8. The van der Waals surface area contributed by atoms with Crippen LogP contribution in [0.1, 0.15) is 10.5 Å². The van der Waals surface area contributed by atoms with Crippen LogP contribution in [0.25, 0.3) is 10.9 Å². The van der Waals surface area contributed by atoms with E-state index in [1.54, 1.807) is 24.3 Å². The molecule has 0 fully saturated rings. The molecule has 0 radical (unpaired) electrons. The fourth-order valence-corrected chi connectivity index (χ4v) is 1.85. The van der Waals surface area contributed by atoms with Crippen molar-refractivity contribution in [1.29, 1.82) is 0 Å². The van der Waals surface area contributed by atoms with Gasteiger partial charge in [0.05, 0.1) is 19.8 Å². The zero-order valence-corrected chi connectivity index (χ0v) is 10.8. The van der Waals surface area contributed by atoms with Gasteiger partial charge in [-0.3, -0.25) is 4.79 Å². The van der Waals surface area contributed by atoms with E-state index in [0.717, 1.165) is 10.9 Å². The number of benzene rings is 1. The van der Waals surface area contributed by atoms with Crippen LogP contribution < -0.4 is 11.1 Å². The summed E-state index contributed by atoms with van der Waals surface area (Å²) >= 11 is 0. The SMILES string of the molecule is Nc1ccc2[nH]c(C(=O)NC(CO)(CO)CO)cc2c1. The number of rotatable bonds is 5. The van der Waals surface area contributed by atoms with Gasteiger partial charge in [-0.1, -0.05) is 0 Å². The number of anilines is 1. The number of aromatic nitrogens is 1. The van der Waals surface area contributed by atoms with Crippen molar-refractivity contribution >= 4 is 22.5 Å². The zero-order valence-electron chi connectivity index (χ0n) is 10.8. The molecule has 0 aliphatic carbocycles. The lowest BCUT2D eigenvalue weighted by Gasteiger charge is -2.28. The zero-order chi connectivity index (χ0) is 14.8. The second kappa shape index (κ2) is 5.49. The van der Waals surface area contributed by atoms with Crippen LogP contribution in [0.5, 0.6) is 0 Å². The molecule has 0 aliphatic rings. The first-order chi connectivity index (χ1) is 9.53. The van der Waals surface area contributed by atoms with Gasteiger partial charge >= 0.3 is 0 Å². The van der Waals surface area contributed by atoms with Gasteiger partial charge in [-0.2, -0.15) is 0 Å². The topological polar surface area (TPSA) is 132 Å². The van der Waals surface area contributed by atoms with Crippen molar-refractivity contribution in [3.8, 4) is 0 Å². The van der Waals surface area contributed by atoms with Crippen LogP contribution in [0.2, 0.25) is 0 Å². The Balaban J connectivity index is 2.27. The summed E-state index contributed by atoms with van der Waals surface area (Å²) < 4.78 is 0. The summed E-state index contributed by atoms with van der Waals surface area (Å²) in [5.74, 6) is -0.531. The molecular formula is C13H17N3O4. The second-order valence-corrected chi connectivity index (χ2v) is 4.74. The number of amides is 1. The number of aliphatic hydroxyl groups is 3. The number of hydrogen-bond donors (Lipinski definition) is 6. The number of nitrogens with two attached hydrogens (primary N) is 1. The molecule has 2 rings (SSSR count). The molecule has 1 aromatic heterocycles. The van der Waals surface area contributed by atoms with E-state index in [4.69, 9.17) is 5.73 Å². The number of aromatic amines is 1. The number of carbonyl (C=O) groups excluding carboxylic acids is 1. The third-order valence-corrected chi connectivity index (χ3v) is 3.18. The predicted molar refractivity (Wildman–Crippen MR) is 74.2 cm³/mol. The lowest BCUT2D eigenvalue weighted by atomic mass is 10.0. The Morgan fingerprint density at radius 2 is 1.85 bits per heavy atom. The Hall–Kier alpha value is -2.09. The minimum Gasteiger partial charge on any atom is -0.399 e. The third-order valence-electron chi connectivity index (χ3n) is 3.18. The van der Waals surface area contributed by atoms with Gasteiger partial charge in [-0.25, -0.2) is 0 Å². The minimum atomic E-state index is -1.45. The highest BCUT2D eigenvalue weighted by atomic mass is 16.3. The number of aliphatic hydroxyl groups excluding tert-OH is 3. The van der Waals surface area contributed by atoms with Crippen molar-refractivity contribution in [2.24, 2.45) is 0 Å². The second-order valence-electron chi connectivity index (χ2n) is 4.74. The van der Waals surface area contributed by atoms with Crippen LogP contribution in [0.15, 0.2) is 24.3 Å². The molecule has 1 aromatic carbocycles. The predicted octanol–water partition coefficient (Wildman–Crippen LogP) is -0.804. The lowest BCUT2D eigenvalue weighted by Crippen LogP contribution is -2.57. The molecule has 1 heterocycles. The van der Waals surface area contributed by atoms with E-state index >= 15 is 0 Å². The quantitative estimate of drug-likeness (QED) is 0.399. The average molecular weight is 279 g/mol. The Morgan fingerprint density at radius 1 is 1.20 bits per heavy atom.